The molecular formula is C16H16O3. The van der Waals surface area contributed by atoms with E-state index < -0.39 is 0 Å². The molecule has 0 amide bonds. The van der Waals surface area contributed by atoms with Crippen molar-refractivity contribution in [1.82, 2.24) is 0 Å². The lowest BCUT2D eigenvalue weighted by molar-refractivity contribution is -0.114. The third-order valence-electron chi connectivity index (χ3n) is 4.01. The number of rotatable bonds is 1. The Morgan fingerprint density at radius 1 is 1.37 bits per heavy atom. The number of phenols is 1. The largest absolute Gasteiger partial charge is 0.508 e. The van der Waals surface area contributed by atoms with Crippen LogP contribution in [0.15, 0.2) is 42.2 Å². The van der Waals surface area contributed by atoms with Crippen LogP contribution in [0.5, 0.6) is 5.75 Å². The second-order valence-electron chi connectivity index (χ2n) is 5.15. The van der Waals surface area contributed by atoms with Crippen molar-refractivity contribution in [2.75, 3.05) is 7.11 Å². The Kier molecular flexibility index (Phi) is 2.70. The molecule has 98 valence electrons. The summed E-state index contributed by atoms with van der Waals surface area (Å²) in [5.74, 6) is 0.616. The van der Waals surface area contributed by atoms with E-state index in [0.717, 1.165) is 30.4 Å². The van der Waals surface area contributed by atoms with Gasteiger partial charge in [-0.05, 0) is 54.7 Å². The van der Waals surface area contributed by atoms with Crippen LogP contribution in [0.25, 0.3) is 0 Å². The molecule has 0 heterocycles. The lowest BCUT2D eigenvalue weighted by Gasteiger charge is -2.36. The average Bonchev–Trinajstić information content (AvgIpc) is 2.41. The van der Waals surface area contributed by atoms with Crippen LogP contribution in [0, 0.1) is 0 Å². The summed E-state index contributed by atoms with van der Waals surface area (Å²) in [4.78, 5) is 11.7. The minimum atomic E-state index is -0.263. The smallest absolute Gasteiger partial charge is 0.219 e. The first-order valence-electron chi connectivity index (χ1n) is 6.47. The summed E-state index contributed by atoms with van der Waals surface area (Å²) in [5, 5.41) is 9.60. The van der Waals surface area contributed by atoms with Crippen LogP contribution < -0.4 is 0 Å². The van der Waals surface area contributed by atoms with E-state index in [-0.39, 0.29) is 11.2 Å². The zero-order valence-corrected chi connectivity index (χ0v) is 10.8. The van der Waals surface area contributed by atoms with E-state index in [9.17, 15) is 9.90 Å². The lowest BCUT2D eigenvalue weighted by Crippen LogP contribution is -2.30. The summed E-state index contributed by atoms with van der Waals surface area (Å²) in [7, 11) is 1.52. The molecule has 3 nitrogen and oxygen atoms in total. The Labute approximate surface area is 112 Å². The average molecular weight is 256 g/mol. The molecule has 3 heteroatoms. The van der Waals surface area contributed by atoms with Crippen LogP contribution in [-0.4, -0.2) is 18.0 Å². The molecule has 0 bridgehead atoms. The Morgan fingerprint density at radius 3 is 3.00 bits per heavy atom. The number of fused-ring (bicyclic) bond motifs is 2. The quantitative estimate of drug-likeness (QED) is 0.840. The van der Waals surface area contributed by atoms with Gasteiger partial charge in [0.05, 0.1) is 7.11 Å². The van der Waals surface area contributed by atoms with Crippen molar-refractivity contribution in [3.8, 4) is 5.75 Å². The Hall–Kier alpha value is -2.03. The fourth-order valence-corrected chi connectivity index (χ4v) is 3.09. The van der Waals surface area contributed by atoms with Crippen LogP contribution in [0.3, 0.4) is 0 Å². The van der Waals surface area contributed by atoms with Gasteiger partial charge in [-0.15, -0.1) is 0 Å². The minimum Gasteiger partial charge on any atom is -0.508 e. The Bertz CT molecular complexity index is 598. The zero-order valence-electron chi connectivity index (χ0n) is 10.8. The summed E-state index contributed by atoms with van der Waals surface area (Å²) in [6, 6.07) is 5.48. The molecule has 0 saturated heterocycles. The van der Waals surface area contributed by atoms with Gasteiger partial charge in [-0.3, -0.25) is 4.79 Å². The molecule has 1 spiro atoms. The van der Waals surface area contributed by atoms with Crippen LogP contribution in [0.2, 0.25) is 0 Å². The van der Waals surface area contributed by atoms with Gasteiger partial charge in [0.25, 0.3) is 0 Å². The molecule has 3 rings (SSSR count). The first kappa shape index (κ1) is 12.0. The van der Waals surface area contributed by atoms with E-state index in [1.54, 1.807) is 12.1 Å². The standard InChI is InChI=1S/C16H16O3/c1-19-15-10-16(8-6-14(15)18)7-2-3-11-9-12(17)4-5-13(11)16/h4-6,8-10,17H,2-3,7H2,1H3/t16-/m1/s1. The van der Waals surface area contributed by atoms with Gasteiger partial charge in [0.15, 0.2) is 5.76 Å². The van der Waals surface area contributed by atoms with Gasteiger partial charge < -0.3 is 9.84 Å². The molecule has 2 aliphatic rings. The van der Waals surface area contributed by atoms with Crippen LogP contribution >= 0.6 is 0 Å². The predicted molar refractivity (Wildman–Crippen MR) is 72.0 cm³/mol. The number of hydrogen-bond donors (Lipinski definition) is 1. The van der Waals surface area contributed by atoms with E-state index >= 15 is 0 Å². The number of phenolic OH excluding ortho intramolecular Hbond substituents is 1. The second kappa shape index (κ2) is 4.26. The molecule has 0 fully saturated rings. The number of aryl methyl sites for hydroxylation is 1. The molecule has 0 aliphatic heterocycles. The maximum atomic E-state index is 11.7. The maximum absolute atomic E-state index is 11.7. The van der Waals surface area contributed by atoms with E-state index in [4.69, 9.17) is 4.74 Å². The van der Waals surface area contributed by atoms with Crippen molar-refractivity contribution in [2.45, 2.75) is 24.7 Å². The van der Waals surface area contributed by atoms with E-state index in [1.165, 1.54) is 7.11 Å². The number of hydrogen-bond acceptors (Lipinski definition) is 3. The van der Waals surface area contributed by atoms with Crippen LogP contribution in [-0.2, 0) is 21.4 Å². The van der Waals surface area contributed by atoms with Crippen molar-refractivity contribution in [1.29, 1.82) is 0 Å². The molecule has 19 heavy (non-hydrogen) atoms. The third kappa shape index (κ3) is 1.86. The van der Waals surface area contributed by atoms with E-state index in [2.05, 4.69) is 0 Å². The fraction of sp³-hybridized carbons (Fsp3) is 0.312. The monoisotopic (exact) mass is 256 g/mol. The fourth-order valence-electron chi connectivity index (χ4n) is 3.09. The first-order chi connectivity index (χ1) is 9.14. The third-order valence-corrected chi connectivity index (χ3v) is 4.01. The minimum absolute atomic E-state index is 0.0842. The van der Waals surface area contributed by atoms with Gasteiger partial charge in [-0.2, -0.15) is 0 Å². The Balaban J connectivity index is 2.15. The Morgan fingerprint density at radius 2 is 2.21 bits per heavy atom. The van der Waals surface area contributed by atoms with Gasteiger partial charge >= 0.3 is 0 Å². The summed E-state index contributed by atoms with van der Waals surface area (Å²) < 4.78 is 5.18. The van der Waals surface area contributed by atoms with Crippen LogP contribution in [0.4, 0.5) is 0 Å². The number of carbonyl (C=O) groups is 1. The SMILES string of the molecule is COC1=C[C@]2(C=CC1=O)CCCc1cc(O)ccc12. The summed E-state index contributed by atoms with van der Waals surface area (Å²) in [6.07, 6.45) is 8.44. The van der Waals surface area contributed by atoms with Crippen molar-refractivity contribution in [3.05, 3.63) is 53.3 Å². The molecule has 1 aromatic rings. The van der Waals surface area contributed by atoms with Gasteiger partial charge in [0.1, 0.15) is 5.75 Å². The number of methoxy groups -OCH3 is 1. The highest BCUT2D eigenvalue weighted by atomic mass is 16.5. The number of benzene rings is 1. The van der Waals surface area contributed by atoms with Crippen molar-refractivity contribution >= 4 is 5.78 Å². The second-order valence-corrected chi connectivity index (χ2v) is 5.15. The molecule has 0 aromatic heterocycles. The molecule has 1 aromatic carbocycles. The number of ether oxygens (including phenoxy) is 1. The summed E-state index contributed by atoms with van der Waals surface area (Å²) in [6.45, 7) is 0. The first-order valence-corrected chi connectivity index (χ1v) is 6.47. The van der Waals surface area contributed by atoms with E-state index in [0.29, 0.717) is 11.5 Å². The van der Waals surface area contributed by atoms with E-state index in [1.807, 2.05) is 24.3 Å². The lowest BCUT2D eigenvalue weighted by atomic mass is 9.68. The highest BCUT2D eigenvalue weighted by Crippen LogP contribution is 2.43. The van der Waals surface area contributed by atoms with Crippen molar-refractivity contribution < 1.29 is 14.6 Å². The summed E-state index contributed by atoms with van der Waals surface area (Å²) in [5.41, 5.74) is 2.05. The molecular weight excluding hydrogens is 240 g/mol. The molecule has 2 aliphatic carbocycles. The van der Waals surface area contributed by atoms with Crippen molar-refractivity contribution in [2.24, 2.45) is 0 Å². The van der Waals surface area contributed by atoms with Gasteiger partial charge in [-0.1, -0.05) is 12.1 Å². The van der Waals surface area contributed by atoms with Gasteiger partial charge in [0, 0.05) is 5.41 Å². The number of carbonyl (C=O) groups excluding carboxylic acids is 1. The molecule has 0 unspecified atom stereocenters. The topological polar surface area (TPSA) is 46.5 Å². The van der Waals surface area contributed by atoms with Crippen LogP contribution in [0.1, 0.15) is 24.0 Å². The maximum Gasteiger partial charge on any atom is 0.219 e. The number of aromatic hydroxyl groups is 1. The summed E-state index contributed by atoms with van der Waals surface area (Å²) >= 11 is 0. The zero-order chi connectivity index (χ0) is 13.5. The molecule has 0 radical (unpaired) electrons. The predicted octanol–water partition coefficient (Wildman–Crippen LogP) is 2.64. The highest BCUT2D eigenvalue weighted by Gasteiger charge is 2.36. The number of ketones is 1. The molecule has 1 atom stereocenters. The highest BCUT2D eigenvalue weighted by molar-refractivity contribution is 6.04. The van der Waals surface area contributed by atoms with Gasteiger partial charge in [-0.25, -0.2) is 0 Å². The number of allylic oxidation sites excluding steroid dienone is 3. The van der Waals surface area contributed by atoms with Gasteiger partial charge in [0.2, 0.25) is 5.78 Å². The molecule has 1 N–H and O–H groups in total. The van der Waals surface area contributed by atoms with Crippen molar-refractivity contribution in [3.63, 3.8) is 0 Å². The molecule has 0 saturated carbocycles. The normalized spacial score (nSPS) is 25.1.